The van der Waals surface area contributed by atoms with Crippen molar-refractivity contribution in [1.82, 2.24) is 29.3 Å². The van der Waals surface area contributed by atoms with Crippen LogP contribution in [0.25, 0.3) is 11.0 Å². The zero-order valence-corrected chi connectivity index (χ0v) is 11.5. The van der Waals surface area contributed by atoms with E-state index in [-0.39, 0.29) is 5.56 Å². The lowest BCUT2D eigenvalue weighted by Crippen LogP contribution is -2.22. The Kier molecular flexibility index (Phi) is 2.81. The molecular weight excluding hydrogens is 256 g/mol. The summed E-state index contributed by atoms with van der Waals surface area (Å²) in [6.07, 6.45) is 3.22. The van der Waals surface area contributed by atoms with Crippen molar-refractivity contribution in [2.75, 3.05) is 0 Å². The van der Waals surface area contributed by atoms with E-state index in [1.54, 1.807) is 17.9 Å². The second-order valence-corrected chi connectivity index (χ2v) is 4.78. The molecule has 0 atom stereocenters. The molecule has 0 aliphatic heterocycles. The average Bonchev–Trinajstić information content (AvgIpc) is 2.73. The SMILES string of the molecule is Cc1cc(C)nc(Cn2cnc3cn(C)nc3c2=O)n1. The molecule has 0 spiro atoms. The van der Waals surface area contributed by atoms with Gasteiger partial charge in [0.05, 0.1) is 19.1 Å². The summed E-state index contributed by atoms with van der Waals surface area (Å²) in [4.78, 5) is 25.2. The molecule has 0 amide bonds. The Morgan fingerprint density at radius 3 is 2.60 bits per heavy atom. The minimum Gasteiger partial charge on any atom is -0.290 e. The summed E-state index contributed by atoms with van der Waals surface area (Å²) in [7, 11) is 1.76. The van der Waals surface area contributed by atoms with Gasteiger partial charge in [-0.05, 0) is 19.9 Å². The van der Waals surface area contributed by atoms with Crippen molar-refractivity contribution >= 4 is 11.0 Å². The van der Waals surface area contributed by atoms with Crippen molar-refractivity contribution in [1.29, 1.82) is 0 Å². The van der Waals surface area contributed by atoms with Gasteiger partial charge < -0.3 is 0 Å². The Bertz CT molecular complexity index is 827. The van der Waals surface area contributed by atoms with E-state index in [1.807, 2.05) is 19.9 Å². The van der Waals surface area contributed by atoms with Gasteiger partial charge in [0, 0.05) is 18.4 Å². The van der Waals surface area contributed by atoms with Crippen LogP contribution in [0, 0.1) is 13.8 Å². The Morgan fingerprint density at radius 2 is 1.90 bits per heavy atom. The first-order valence-corrected chi connectivity index (χ1v) is 6.23. The molecule has 7 nitrogen and oxygen atoms in total. The number of aromatic nitrogens is 6. The van der Waals surface area contributed by atoms with E-state index in [0.717, 1.165) is 11.4 Å². The van der Waals surface area contributed by atoms with Gasteiger partial charge in [-0.25, -0.2) is 15.0 Å². The zero-order chi connectivity index (χ0) is 14.3. The van der Waals surface area contributed by atoms with E-state index in [4.69, 9.17) is 0 Å². The minimum absolute atomic E-state index is 0.182. The standard InChI is InChI=1S/C13H14N6O/c1-8-4-9(2)16-11(15-8)6-19-7-14-10-5-18(3)17-12(10)13(19)20/h4-5,7H,6H2,1-3H3. The van der Waals surface area contributed by atoms with Crippen molar-refractivity contribution in [2.45, 2.75) is 20.4 Å². The van der Waals surface area contributed by atoms with Crippen molar-refractivity contribution < 1.29 is 0 Å². The van der Waals surface area contributed by atoms with E-state index >= 15 is 0 Å². The molecule has 0 N–H and O–H groups in total. The van der Waals surface area contributed by atoms with Crippen molar-refractivity contribution in [2.24, 2.45) is 7.05 Å². The number of hydrogen-bond donors (Lipinski definition) is 0. The fraction of sp³-hybridized carbons (Fsp3) is 0.308. The minimum atomic E-state index is -0.182. The molecule has 0 fully saturated rings. The van der Waals surface area contributed by atoms with Crippen LogP contribution in [0.4, 0.5) is 0 Å². The molecule has 0 aliphatic rings. The van der Waals surface area contributed by atoms with E-state index in [2.05, 4.69) is 20.1 Å². The van der Waals surface area contributed by atoms with Gasteiger partial charge in [0.15, 0.2) is 5.52 Å². The highest BCUT2D eigenvalue weighted by Gasteiger charge is 2.09. The Labute approximate surface area is 114 Å². The maximum absolute atomic E-state index is 12.3. The highest BCUT2D eigenvalue weighted by Crippen LogP contribution is 2.04. The molecular formula is C13H14N6O. The summed E-state index contributed by atoms with van der Waals surface area (Å²) in [5, 5.41) is 4.13. The van der Waals surface area contributed by atoms with Crippen LogP contribution < -0.4 is 5.56 Å². The largest absolute Gasteiger partial charge is 0.290 e. The van der Waals surface area contributed by atoms with Gasteiger partial charge in [-0.3, -0.25) is 14.0 Å². The maximum Gasteiger partial charge on any atom is 0.282 e. The molecule has 0 saturated carbocycles. The summed E-state index contributed by atoms with van der Waals surface area (Å²) in [6.45, 7) is 4.10. The Hall–Kier alpha value is -2.57. The first kappa shape index (κ1) is 12.5. The second-order valence-electron chi connectivity index (χ2n) is 4.78. The zero-order valence-electron chi connectivity index (χ0n) is 11.5. The van der Waals surface area contributed by atoms with Crippen LogP contribution in [-0.4, -0.2) is 29.3 Å². The van der Waals surface area contributed by atoms with Crippen LogP contribution in [0.15, 0.2) is 23.4 Å². The number of hydrogen-bond acceptors (Lipinski definition) is 5. The van der Waals surface area contributed by atoms with Gasteiger partial charge in [-0.1, -0.05) is 0 Å². The van der Waals surface area contributed by atoms with Crippen LogP contribution in [0.5, 0.6) is 0 Å². The van der Waals surface area contributed by atoms with Crippen molar-refractivity contribution in [3.63, 3.8) is 0 Å². The smallest absolute Gasteiger partial charge is 0.282 e. The fourth-order valence-electron chi connectivity index (χ4n) is 2.18. The van der Waals surface area contributed by atoms with E-state index in [9.17, 15) is 4.79 Å². The summed E-state index contributed by atoms with van der Waals surface area (Å²) < 4.78 is 3.06. The molecule has 102 valence electrons. The van der Waals surface area contributed by atoms with Gasteiger partial charge >= 0.3 is 0 Å². The summed E-state index contributed by atoms with van der Waals surface area (Å²) in [5.74, 6) is 0.599. The molecule has 3 rings (SSSR count). The third kappa shape index (κ3) is 2.18. The third-order valence-corrected chi connectivity index (χ3v) is 2.95. The van der Waals surface area contributed by atoms with Gasteiger partial charge in [-0.2, -0.15) is 5.10 Å². The molecule has 7 heteroatoms. The van der Waals surface area contributed by atoms with Crippen LogP contribution >= 0.6 is 0 Å². The molecule has 3 aromatic rings. The van der Waals surface area contributed by atoms with Crippen molar-refractivity contribution in [3.8, 4) is 0 Å². The first-order chi connectivity index (χ1) is 9.52. The molecule has 3 heterocycles. The lowest BCUT2D eigenvalue weighted by atomic mass is 10.3. The number of fused-ring (bicyclic) bond motifs is 1. The van der Waals surface area contributed by atoms with E-state index in [0.29, 0.717) is 23.4 Å². The predicted molar refractivity (Wildman–Crippen MR) is 73.4 cm³/mol. The molecule has 3 aromatic heterocycles. The summed E-state index contributed by atoms with van der Waals surface area (Å²) in [5.41, 5.74) is 2.53. The first-order valence-electron chi connectivity index (χ1n) is 6.23. The molecule has 0 saturated heterocycles. The van der Waals surface area contributed by atoms with Gasteiger partial charge in [0.1, 0.15) is 11.3 Å². The molecule has 0 radical (unpaired) electrons. The quantitative estimate of drug-likeness (QED) is 0.681. The number of rotatable bonds is 2. The number of nitrogens with zero attached hydrogens (tertiary/aromatic N) is 6. The van der Waals surface area contributed by atoms with Crippen LogP contribution in [0.2, 0.25) is 0 Å². The lowest BCUT2D eigenvalue weighted by Gasteiger charge is -2.05. The molecule has 0 unspecified atom stereocenters. The number of aryl methyl sites for hydroxylation is 3. The van der Waals surface area contributed by atoms with Gasteiger partial charge in [0.2, 0.25) is 0 Å². The lowest BCUT2D eigenvalue weighted by molar-refractivity contribution is 0.696. The van der Waals surface area contributed by atoms with Crippen LogP contribution in [0.3, 0.4) is 0 Å². The molecule has 0 bridgehead atoms. The van der Waals surface area contributed by atoms with E-state index in [1.165, 1.54) is 10.9 Å². The fourth-order valence-corrected chi connectivity index (χ4v) is 2.18. The maximum atomic E-state index is 12.3. The van der Waals surface area contributed by atoms with E-state index < -0.39 is 0 Å². The second kappa shape index (κ2) is 4.52. The third-order valence-electron chi connectivity index (χ3n) is 2.95. The van der Waals surface area contributed by atoms with Crippen LogP contribution in [0.1, 0.15) is 17.2 Å². The van der Waals surface area contributed by atoms with Crippen molar-refractivity contribution in [3.05, 3.63) is 46.2 Å². The highest BCUT2D eigenvalue weighted by molar-refractivity contribution is 5.71. The molecule has 0 aromatic carbocycles. The Morgan fingerprint density at radius 1 is 1.20 bits per heavy atom. The predicted octanol–water partition coefficient (Wildman–Crippen LogP) is 0.585. The highest BCUT2D eigenvalue weighted by atomic mass is 16.1. The summed E-state index contributed by atoms with van der Waals surface area (Å²) in [6, 6.07) is 1.90. The molecule has 20 heavy (non-hydrogen) atoms. The van der Waals surface area contributed by atoms with Gasteiger partial charge in [0.25, 0.3) is 5.56 Å². The Balaban J connectivity index is 2.06. The molecule has 0 aliphatic carbocycles. The van der Waals surface area contributed by atoms with Gasteiger partial charge in [-0.15, -0.1) is 0 Å². The average molecular weight is 270 g/mol. The normalized spacial score (nSPS) is 11.2. The monoisotopic (exact) mass is 270 g/mol. The topological polar surface area (TPSA) is 78.5 Å². The summed E-state index contributed by atoms with van der Waals surface area (Å²) >= 11 is 0. The van der Waals surface area contributed by atoms with Crippen LogP contribution in [-0.2, 0) is 13.6 Å².